The summed E-state index contributed by atoms with van der Waals surface area (Å²) in [5.41, 5.74) is 2.93. The summed E-state index contributed by atoms with van der Waals surface area (Å²) in [6.07, 6.45) is 0.865. The van der Waals surface area contributed by atoms with Crippen LogP contribution < -0.4 is 15.9 Å². The van der Waals surface area contributed by atoms with Crippen LogP contribution in [0.5, 0.6) is 0 Å². The van der Waals surface area contributed by atoms with Gasteiger partial charge in [-0.05, 0) is 5.92 Å². The van der Waals surface area contributed by atoms with Crippen LogP contribution in [-0.4, -0.2) is 19.2 Å². The predicted molar refractivity (Wildman–Crippen MR) is 173 cm³/mol. The normalized spacial score (nSPS) is 12.7. The number of carbonyl (C=O) groups excluding carboxylic acids is 1. The molecule has 0 saturated carbocycles. The maximum atomic E-state index is 12.6. The molecule has 5 rings (SSSR count). The number of ether oxygens (including phenoxy) is 1. The monoisotopic (exact) mass is 596 g/mol. The van der Waals surface area contributed by atoms with Crippen LogP contribution in [0, 0.1) is 5.92 Å². The molecule has 198 valence electrons. The Labute approximate surface area is 239 Å². The van der Waals surface area contributed by atoms with Crippen molar-refractivity contribution in [2.24, 2.45) is 5.92 Å². The molecule has 0 atom stereocenters. The molecule has 2 nitrogen and oxygen atoms in total. The Morgan fingerprint density at radius 2 is 1.31 bits per heavy atom. The van der Waals surface area contributed by atoms with Gasteiger partial charge in [0.1, 0.15) is 0 Å². The van der Waals surface area contributed by atoms with Crippen molar-refractivity contribution in [1.82, 2.24) is 0 Å². The van der Waals surface area contributed by atoms with Crippen LogP contribution in [0.25, 0.3) is 21.9 Å². The van der Waals surface area contributed by atoms with Gasteiger partial charge in [-0.1, -0.05) is 13.8 Å². The van der Waals surface area contributed by atoms with E-state index in [0.29, 0.717) is 18.1 Å². The van der Waals surface area contributed by atoms with Crippen LogP contribution in [0.3, 0.4) is 0 Å². The Bertz CT molecular complexity index is 1570. The molecule has 0 bridgehead atoms. The van der Waals surface area contributed by atoms with Gasteiger partial charge >= 0.3 is 221 Å². The molecular weight excluding hydrogens is 563 g/mol. The van der Waals surface area contributed by atoms with Crippen molar-refractivity contribution in [3.05, 3.63) is 127 Å². The van der Waals surface area contributed by atoms with Gasteiger partial charge in [0.15, 0.2) is 0 Å². The van der Waals surface area contributed by atoms with Crippen LogP contribution in [0.1, 0.15) is 30.6 Å². The van der Waals surface area contributed by atoms with Crippen molar-refractivity contribution in [3.63, 3.8) is 0 Å². The van der Waals surface area contributed by atoms with Crippen LogP contribution in [0.4, 0.5) is 0 Å². The molecule has 0 aromatic heterocycles. The summed E-state index contributed by atoms with van der Waals surface area (Å²) in [6.45, 7) is 7.08. The van der Waals surface area contributed by atoms with Gasteiger partial charge in [0.05, 0.1) is 0 Å². The molecule has 0 N–H and O–H groups in total. The molecule has 0 spiro atoms. The van der Waals surface area contributed by atoms with E-state index in [9.17, 15) is 4.79 Å². The second-order valence-electron chi connectivity index (χ2n) is 10.7. The first kappa shape index (κ1) is 27.3. The van der Waals surface area contributed by atoms with Gasteiger partial charge in [0.2, 0.25) is 0 Å². The average Bonchev–Trinajstić information content (AvgIpc) is 2.97. The molecule has 0 aliphatic heterocycles. The van der Waals surface area contributed by atoms with Gasteiger partial charge in [-0.25, -0.2) is 0 Å². The van der Waals surface area contributed by atoms with Crippen LogP contribution >= 0.6 is 20.8 Å². The minimum atomic E-state index is -2.98. The summed E-state index contributed by atoms with van der Waals surface area (Å²) in [5, 5.41) is 2.98. The minimum absolute atomic E-state index is 0.264. The number of benzene rings is 5. The van der Waals surface area contributed by atoms with Gasteiger partial charge in [0.25, 0.3) is 0 Å². The summed E-state index contributed by atoms with van der Waals surface area (Å²) in [5.74, 6) is 0.239. The van der Waals surface area contributed by atoms with Crippen molar-refractivity contribution in [3.8, 4) is 11.1 Å². The van der Waals surface area contributed by atoms with Gasteiger partial charge in [-0.2, -0.15) is 0 Å². The van der Waals surface area contributed by atoms with Crippen molar-refractivity contribution >= 4 is 53.5 Å². The number of hydrogen-bond acceptors (Lipinski definition) is 2. The second kappa shape index (κ2) is 11.1. The van der Waals surface area contributed by atoms with E-state index < -0.39 is 5.31 Å². The van der Waals surface area contributed by atoms with Gasteiger partial charge in [-0.3, -0.25) is 0 Å². The third kappa shape index (κ3) is 5.31. The van der Waals surface area contributed by atoms with E-state index in [1.807, 2.05) is 18.2 Å². The number of hydrogen-bond donors (Lipinski definition) is 0. The van der Waals surface area contributed by atoms with Crippen LogP contribution in [-0.2, 0) is 4.74 Å². The fraction of sp³-hybridized carbons (Fsp3) is 0.171. The van der Waals surface area contributed by atoms with Crippen LogP contribution in [0.15, 0.2) is 121 Å². The third-order valence-electron chi connectivity index (χ3n) is 7.53. The number of carbonyl (C=O) groups is 1. The molecule has 0 unspecified atom stereocenters. The standard InChI is InChI=1S/C35H34BrO2P/c1-26(2)22-23-38-35(37)30-21-19-27-24-29(20-18-28(27)25-30)33-16-10-11-17-34(33)39(3,36,31-12-6-4-7-13-31)32-14-8-5-9-15-32/h4-21,24-26H,22-23H2,1-3H3. The topological polar surface area (TPSA) is 26.3 Å². The fourth-order valence-corrected chi connectivity index (χ4v) is 11.4. The molecule has 4 heteroatoms. The zero-order chi connectivity index (χ0) is 27.5. The Kier molecular flexibility index (Phi) is 7.76. The van der Waals surface area contributed by atoms with E-state index in [1.54, 1.807) is 0 Å². The van der Waals surface area contributed by atoms with E-state index in [-0.39, 0.29) is 5.97 Å². The average molecular weight is 598 g/mol. The first-order valence-electron chi connectivity index (χ1n) is 13.4. The van der Waals surface area contributed by atoms with Gasteiger partial charge < -0.3 is 0 Å². The van der Waals surface area contributed by atoms with E-state index in [0.717, 1.165) is 22.8 Å². The van der Waals surface area contributed by atoms with Gasteiger partial charge in [-0.15, -0.1) is 0 Å². The molecule has 0 aliphatic carbocycles. The molecule has 0 heterocycles. The number of esters is 1. The Balaban J connectivity index is 1.60. The SMILES string of the molecule is CC(C)CCOC(=O)c1ccc2cc(-c3ccccc3P(C)(Br)(c3ccccc3)c3ccccc3)ccc2c1. The number of rotatable bonds is 8. The molecule has 0 radical (unpaired) electrons. The molecule has 0 amide bonds. The maximum absolute atomic E-state index is 12.6. The Morgan fingerprint density at radius 3 is 1.95 bits per heavy atom. The van der Waals surface area contributed by atoms with E-state index in [1.165, 1.54) is 21.5 Å². The van der Waals surface area contributed by atoms with Crippen molar-refractivity contribution in [1.29, 1.82) is 0 Å². The molecule has 0 saturated heterocycles. The molecular formula is C35H34BrO2P. The number of halogens is 1. The summed E-state index contributed by atoms with van der Waals surface area (Å²) in [7, 11) is 0. The first-order valence-corrected chi connectivity index (χ1v) is 18.1. The van der Waals surface area contributed by atoms with Crippen molar-refractivity contribution < 1.29 is 9.53 Å². The predicted octanol–water partition coefficient (Wildman–Crippen LogP) is 8.48. The zero-order valence-corrected chi connectivity index (χ0v) is 25.2. The first-order chi connectivity index (χ1) is 18.8. The van der Waals surface area contributed by atoms with E-state index in [2.05, 4.69) is 139 Å². The quantitative estimate of drug-likeness (QED) is 0.133. The second-order valence-corrected chi connectivity index (χ2v) is 20.4. The zero-order valence-electron chi connectivity index (χ0n) is 22.7. The Morgan fingerprint density at radius 1 is 0.744 bits per heavy atom. The molecule has 0 aliphatic rings. The van der Waals surface area contributed by atoms with E-state index >= 15 is 0 Å². The van der Waals surface area contributed by atoms with Gasteiger partial charge in [0, 0.05) is 0 Å². The molecule has 0 fully saturated rings. The number of fused-ring (bicyclic) bond motifs is 1. The van der Waals surface area contributed by atoms with E-state index in [4.69, 9.17) is 4.74 Å². The van der Waals surface area contributed by atoms with Crippen molar-refractivity contribution in [2.75, 3.05) is 13.3 Å². The molecule has 5 aromatic rings. The molecule has 39 heavy (non-hydrogen) atoms. The third-order valence-corrected chi connectivity index (χ3v) is 15.7. The summed E-state index contributed by atoms with van der Waals surface area (Å²) in [4.78, 5) is 12.6. The summed E-state index contributed by atoms with van der Waals surface area (Å²) in [6, 6.07) is 42.6. The summed E-state index contributed by atoms with van der Waals surface area (Å²) >= 11 is 4.45. The molecule has 5 aromatic carbocycles. The Hall–Kier alpha value is -3.26. The van der Waals surface area contributed by atoms with Crippen LogP contribution in [0.2, 0.25) is 0 Å². The fourth-order valence-electron chi connectivity index (χ4n) is 5.18. The van der Waals surface area contributed by atoms with Crippen molar-refractivity contribution in [2.45, 2.75) is 20.3 Å². The summed E-state index contributed by atoms with van der Waals surface area (Å²) < 4.78 is 5.49.